The van der Waals surface area contributed by atoms with Gasteiger partial charge in [-0.2, -0.15) is 0 Å². The Morgan fingerprint density at radius 3 is 1.83 bits per heavy atom. The van der Waals surface area contributed by atoms with Gasteiger partial charge in [0, 0.05) is 36.9 Å². The molecule has 258 valence electrons. The monoisotopic (exact) mass is 679 g/mol. The first-order valence-electron chi connectivity index (χ1n) is 18.3. The van der Waals surface area contributed by atoms with Gasteiger partial charge in [-0.25, -0.2) is 9.97 Å². The van der Waals surface area contributed by atoms with Crippen LogP contribution in [-0.4, -0.2) is 28.3 Å². The predicted octanol–water partition coefficient (Wildman–Crippen LogP) is 11.1. The molecule has 1 aliphatic rings. The van der Waals surface area contributed by atoms with Crippen molar-refractivity contribution < 1.29 is 0 Å². The molecule has 3 heterocycles. The minimum absolute atomic E-state index is 0.365. The summed E-state index contributed by atoms with van der Waals surface area (Å²) in [7, 11) is 2.10. The number of aromatic nitrogens is 3. The maximum atomic E-state index is 5.05. The normalized spacial score (nSPS) is 12.9. The molecule has 8 rings (SSSR count). The Labute approximate surface area is 307 Å². The number of benzene rings is 5. The van der Waals surface area contributed by atoms with Gasteiger partial charge in [-0.1, -0.05) is 137 Å². The second-order valence-electron chi connectivity index (χ2n) is 14.4. The summed E-state index contributed by atoms with van der Waals surface area (Å²) in [6, 6.07) is 50.9. The molecule has 5 aromatic carbocycles. The number of rotatable bonds is 9. The van der Waals surface area contributed by atoms with Crippen LogP contribution in [-0.2, 0) is 5.41 Å². The third kappa shape index (κ3) is 5.57. The SMILES string of the molecule is CC(C)c1cccc(C(C)C)c1-n1ccnc1-c1cccc(C(c2ccccc2)(c2ccccc2)c2cccc(N3CN(C)c4ncccc43)c2)c1. The Balaban J connectivity index is 1.36. The fraction of sp³-hybridized carbons (Fsp3) is 0.191. The molecule has 5 nitrogen and oxygen atoms in total. The summed E-state index contributed by atoms with van der Waals surface area (Å²) < 4.78 is 2.31. The lowest BCUT2D eigenvalue weighted by Crippen LogP contribution is -2.31. The summed E-state index contributed by atoms with van der Waals surface area (Å²) >= 11 is 0. The molecule has 0 N–H and O–H groups in total. The van der Waals surface area contributed by atoms with Gasteiger partial charge in [-0.05, 0) is 75.5 Å². The van der Waals surface area contributed by atoms with E-state index in [1.54, 1.807) is 0 Å². The molecule has 0 fully saturated rings. The number of hydrogen-bond acceptors (Lipinski definition) is 4. The number of para-hydroxylation sites is 1. The van der Waals surface area contributed by atoms with Crippen LogP contribution in [0.5, 0.6) is 0 Å². The molecule has 0 unspecified atom stereocenters. The van der Waals surface area contributed by atoms with Gasteiger partial charge < -0.3 is 9.80 Å². The Kier molecular flexibility index (Phi) is 8.72. The fourth-order valence-electron chi connectivity index (χ4n) is 8.13. The van der Waals surface area contributed by atoms with E-state index in [9.17, 15) is 0 Å². The van der Waals surface area contributed by atoms with Gasteiger partial charge in [0.25, 0.3) is 0 Å². The Morgan fingerprint density at radius 1 is 0.577 bits per heavy atom. The number of nitrogens with zero attached hydrogens (tertiary/aromatic N) is 5. The smallest absolute Gasteiger partial charge is 0.153 e. The summed E-state index contributed by atoms with van der Waals surface area (Å²) in [5, 5.41) is 0. The zero-order valence-electron chi connectivity index (χ0n) is 30.6. The molecule has 52 heavy (non-hydrogen) atoms. The predicted molar refractivity (Wildman–Crippen MR) is 215 cm³/mol. The zero-order valence-corrected chi connectivity index (χ0v) is 30.6. The first-order chi connectivity index (χ1) is 25.4. The Hall–Kier alpha value is -5.94. The van der Waals surface area contributed by atoms with Crippen molar-refractivity contribution in [1.29, 1.82) is 0 Å². The summed E-state index contributed by atoms with van der Waals surface area (Å²) in [6.07, 6.45) is 5.93. The zero-order chi connectivity index (χ0) is 35.8. The van der Waals surface area contributed by atoms with E-state index in [1.165, 1.54) is 39.1 Å². The van der Waals surface area contributed by atoms with Crippen LogP contribution in [0.15, 0.2) is 158 Å². The van der Waals surface area contributed by atoms with Crippen LogP contribution >= 0.6 is 0 Å². The van der Waals surface area contributed by atoms with E-state index in [0.29, 0.717) is 11.8 Å². The number of anilines is 3. The first-order valence-corrected chi connectivity index (χ1v) is 18.3. The van der Waals surface area contributed by atoms with Gasteiger partial charge in [-0.3, -0.25) is 4.57 Å². The molecule has 2 aromatic heterocycles. The van der Waals surface area contributed by atoms with Crippen molar-refractivity contribution in [3.8, 4) is 17.1 Å². The average molecular weight is 680 g/mol. The van der Waals surface area contributed by atoms with E-state index in [-0.39, 0.29) is 0 Å². The van der Waals surface area contributed by atoms with Crippen LogP contribution in [0.2, 0.25) is 0 Å². The molecule has 5 heteroatoms. The molecule has 0 spiro atoms. The van der Waals surface area contributed by atoms with Crippen LogP contribution in [0.3, 0.4) is 0 Å². The molecule has 0 radical (unpaired) electrons. The molecule has 0 aliphatic carbocycles. The van der Waals surface area contributed by atoms with E-state index < -0.39 is 5.41 Å². The number of fused-ring (bicyclic) bond motifs is 1. The molecule has 0 amide bonds. The van der Waals surface area contributed by atoms with E-state index in [1.807, 2.05) is 18.5 Å². The van der Waals surface area contributed by atoms with E-state index in [2.05, 4.69) is 189 Å². The summed E-state index contributed by atoms with van der Waals surface area (Å²) in [5.41, 5.74) is 11.3. The quantitative estimate of drug-likeness (QED) is 0.142. The second kappa shape index (κ2) is 13.6. The van der Waals surface area contributed by atoms with Gasteiger partial charge in [-0.15, -0.1) is 0 Å². The summed E-state index contributed by atoms with van der Waals surface area (Å²) in [4.78, 5) is 14.3. The Bertz CT molecular complexity index is 2260. The standard InChI is InChI=1S/C47H45N5/c1-33(2)41-24-14-25-42(34(3)4)44(41)51-29-28-49-45(51)35-16-12-21-38(30-35)47(36-17-8-6-9-18-36,37-19-10-7-11-20-37)39-22-13-23-40(31-39)52-32-50(5)46-43(52)26-15-27-48-46/h6-31,33-34H,32H2,1-5H3. The highest BCUT2D eigenvalue weighted by molar-refractivity contribution is 5.80. The van der Waals surface area contributed by atoms with Crippen LogP contribution in [0.4, 0.5) is 17.2 Å². The van der Waals surface area contributed by atoms with Crippen molar-refractivity contribution in [2.24, 2.45) is 0 Å². The molecule has 0 bridgehead atoms. The second-order valence-corrected chi connectivity index (χ2v) is 14.4. The third-order valence-electron chi connectivity index (χ3n) is 10.6. The van der Waals surface area contributed by atoms with Gasteiger partial charge in [0.1, 0.15) is 5.82 Å². The van der Waals surface area contributed by atoms with E-state index in [0.717, 1.165) is 35.2 Å². The number of hydrogen-bond donors (Lipinski definition) is 0. The van der Waals surface area contributed by atoms with Crippen LogP contribution < -0.4 is 9.80 Å². The maximum absolute atomic E-state index is 5.05. The molecular formula is C47H45N5. The van der Waals surface area contributed by atoms with Crippen LogP contribution in [0.1, 0.15) is 72.9 Å². The number of imidazole rings is 1. The van der Waals surface area contributed by atoms with E-state index in [4.69, 9.17) is 9.97 Å². The van der Waals surface area contributed by atoms with Crippen molar-refractivity contribution in [1.82, 2.24) is 14.5 Å². The minimum Gasteiger partial charge on any atom is -0.340 e. The molecule has 7 aromatic rings. The molecule has 1 aliphatic heterocycles. The molecule has 0 saturated carbocycles. The average Bonchev–Trinajstić information content (AvgIpc) is 3.81. The van der Waals surface area contributed by atoms with Gasteiger partial charge in [0.15, 0.2) is 5.82 Å². The lowest BCUT2D eigenvalue weighted by molar-refractivity contribution is 0.744. The van der Waals surface area contributed by atoms with Crippen molar-refractivity contribution in [3.63, 3.8) is 0 Å². The van der Waals surface area contributed by atoms with Crippen molar-refractivity contribution in [2.75, 3.05) is 23.5 Å². The minimum atomic E-state index is -0.631. The lowest BCUT2D eigenvalue weighted by atomic mass is 9.65. The fourth-order valence-corrected chi connectivity index (χ4v) is 8.13. The topological polar surface area (TPSA) is 37.2 Å². The highest BCUT2D eigenvalue weighted by Crippen LogP contribution is 2.48. The van der Waals surface area contributed by atoms with Gasteiger partial charge in [0.2, 0.25) is 0 Å². The molecular weight excluding hydrogens is 635 g/mol. The third-order valence-corrected chi connectivity index (χ3v) is 10.6. The summed E-state index contributed by atoms with van der Waals surface area (Å²) in [6.45, 7) is 9.83. The maximum Gasteiger partial charge on any atom is 0.153 e. The Morgan fingerprint density at radius 2 is 1.17 bits per heavy atom. The molecule has 0 saturated heterocycles. The van der Waals surface area contributed by atoms with Crippen molar-refractivity contribution >= 4 is 17.2 Å². The summed E-state index contributed by atoms with van der Waals surface area (Å²) in [5.74, 6) is 2.66. The van der Waals surface area contributed by atoms with Gasteiger partial charge in [0.05, 0.1) is 23.5 Å². The largest absolute Gasteiger partial charge is 0.340 e. The van der Waals surface area contributed by atoms with Crippen molar-refractivity contribution in [2.45, 2.75) is 44.9 Å². The first kappa shape index (κ1) is 33.2. The molecule has 0 atom stereocenters. The number of pyridine rings is 1. The highest BCUT2D eigenvalue weighted by atomic mass is 15.4. The van der Waals surface area contributed by atoms with Crippen LogP contribution in [0.25, 0.3) is 17.1 Å². The van der Waals surface area contributed by atoms with Crippen molar-refractivity contribution in [3.05, 3.63) is 191 Å². The van der Waals surface area contributed by atoms with E-state index >= 15 is 0 Å². The van der Waals surface area contributed by atoms with Crippen LogP contribution in [0, 0.1) is 0 Å². The van der Waals surface area contributed by atoms with Gasteiger partial charge >= 0.3 is 0 Å². The lowest BCUT2D eigenvalue weighted by Gasteiger charge is -2.37. The highest BCUT2D eigenvalue weighted by Gasteiger charge is 2.39.